The maximum Gasteiger partial charge on any atom is 0.165 e. The fraction of sp³-hybridized carbons (Fsp3) is 0.250. The molecule has 0 saturated carbocycles. The highest BCUT2D eigenvalue weighted by Gasteiger charge is 2.08. The average molecular weight is 354 g/mol. The normalized spacial score (nSPS) is 10.5. The van der Waals surface area contributed by atoms with Crippen molar-refractivity contribution in [3.8, 4) is 11.5 Å². The summed E-state index contributed by atoms with van der Waals surface area (Å²) >= 11 is 3.40. The topological polar surface area (TPSA) is 44.5 Å². The average Bonchev–Trinajstić information content (AvgIpc) is 2.47. The first kappa shape index (κ1) is 15.8. The summed E-state index contributed by atoms with van der Waals surface area (Å²) in [4.78, 5) is 0. The fourth-order valence-electron chi connectivity index (χ4n) is 2.00. The van der Waals surface area contributed by atoms with Gasteiger partial charge in [-0.1, -0.05) is 22.0 Å². The maximum absolute atomic E-state index is 13.9. The van der Waals surface area contributed by atoms with Crippen LogP contribution in [0.5, 0.6) is 11.5 Å². The predicted octanol–water partition coefficient (Wildman–Crippen LogP) is 3.68. The van der Waals surface area contributed by atoms with Gasteiger partial charge in [0.05, 0.1) is 7.11 Å². The Labute approximate surface area is 132 Å². The molecule has 0 saturated heterocycles. The van der Waals surface area contributed by atoms with Gasteiger partial charge >= 0.3 is 0 Å². The van der Waals surface area contributed by atoms with Crippen LogP contribution < -0.4 is 15.2 Å². The molecule has 0 atom stereocenters. The molecule has 3 nitrogen and oxygen atoms in total. The second kappa shape index (κ2) is 7.43. The van der Waals surface area contributed by atoms with Gasteiger partial charge in [0.15, 0.2) is 11.6 Å². The monoisotopic (exact) mass is 353 g/mol. The Kier molecular flexibility index (Phi) is 5.59. The first-order chi connectivity index (χ1) is 10.1. The van der Waals surface area contributed by atoms with Gasteiger partial charge in [-0.05, 0) is 48.9 Å². The third-order valence-electron chi connectivity index (χ3n) is 3.05. The van der Waals surface area contributed by atoms with E-state index in [-0.39, 0.29) is 18.2 Å². The number of benzene rings is 2. The molecule has 5 heteroatoms. The standard InChI is InChI=1S/C16H17BrFNO2/c1-20-15-5-3-13(17)9-12(15)10-21-16-4-2-11(6-7-19)8-14(16)18/h2-5,8-9H,6-7,10,19H2,1H3. The smallest absolute Gasteiger partial charge is 0.165 e. The summed E-state index contributed by atoms with van der Waals surface area (Å²) in [6.07, 6.45) is 0.649. The summed E-state index contributed by atoms with van der Waals surface area (Å²) in [6.45, 7) is 0.727. The lowest BCUT2D eigenvalue weighted by Crippen LogP contribution is -2.04. The van der Waals surface area contributed by atoms with Crippen molar-refractivity contribution in [2.45, 2.75) is 13.0 Å². The summed E-state index contributed by atoms with van der Waals surface area (Å²) in [5.74, 6) is 0.547. The molecule has 0 unspecified atom stereocenters. The Balaban J connectivity index is 2.11. The van der Waals surface area contributed by atoms with Gasteiger partial charge in [0.1, 0.15) is 12.4 Å². The predicted molar refractivity (Wildman–Crippen MR) is 84.2 cm³/mol. The molecule has 2 rings (SSSR count). The van der Waals surface area contributed by atoms with Crippen molar-refractivity contribution in [1.82, 2.24) is 0 Å². The Morgan fingerprint density at radius 3 is 2.57 bits per heavy atom. The molecule has 21 heavy (non-hydrogen) atoms. The first-order valence-corrected chi connectivity index (χ1v) is 7.37. The lowest BCUT2D eigenvalue weighted by molar-refractivity contribution is 0.282. The summed E-state index contributed by atoms with van der Waals surface area (Å²) in [7, 11) is 1.59. The highest BCUT2D eigenvalue weighted by atomic mass is 79.9. The Hall–Kier alpha value is -1.59. The second-order valence-electron chi connectivity index (χ2n) is 4.55. The van der Waals surface area contributed by atoms with Crippen LogP contribution in [0.25, 0.3) is 0 Å². The van der Waals surface area contributed by atoms with Crippen LogP contribution in [0.3, 0.4) is 0 Å². The molecule has 0 amide bonds. The van der Waals surface area contributed by atoms with Gasteiger partial charge in [0, 0.05) is 10.0 Å². The van der Waals surface area contributed by atoms with Crippen molar-refractivity contribution in [2.75, 3.05) is 13.7 Å². The van der Waals surface area contributed by atoms with E-state index >= 15 is 0 Å². The van der Waals surface area contributed by atoms with Gasteiger partial charge in [0.2, 0.25) is 0 Å². The van der Waals surface area contributed by atoms with Crippen LogP contribution in [0.4, 0.5) is 4.39 Å². The summed E-state index contributed by atoms with van der Waals surface area (Å²) in [6, 6.07) is 10.5. The molecule has 0 radical (unpaired) electrons. The number of hydrogen-bond donors (Lipinski definition) is 1. The minimum Gasteiger partial charge on any atom is -0.496 e. The van der Waals surface area contributed by atoms with E-state index in [0.29, 0.717) is 18.7 Å². The number of methoxy groups -OCH3 is 1. The van der Waals surface area contributed by atoms with Crippen LogP contribution in [-0.2, 0) is 13.0 Å². The Morgan fingerprint density at radius 2 is 1.90 bits per heavy atom. The Morgan fingerprint density at radius 1 is 1.14 bits per heavy atom. The molecule has 0 bridgehead atoms. The van der Waals surface area contributed by atoms with Gasteiger partial charge in [-0.2, -0.15) is 0 Å². The highest BCUT2D eigenvalue weighted by Crippen LogP contribution is 2.26. The maximum atomic E-state index is 13.9. The molecule has 2 N–H and O–H groups in total. The second-order valence-corrected chi connectivity index (χ2v) is 5.46. The van der Waals surface area contributed by atoms with Crippen LogP contribution in [0.1, 0.15) is 11.1 Å². The zero-order valence-electron chi connectivity index (χ0n) is 11.7. The van der Waals surface area contributed by atoms with Gasteiger partial charge < -0.3 is 15.2 Å². The third kappa shape index (κ3) is 4.19. The van der Waals surface area contributed by atoms with Crippen LogP contribution in [-0.4, -0.2) is 13.7 Å². The number of halogens is 2. The zero-order valence-corrected chi connectivity index (χ0v) is 13.3. The van der Waals surface area contributed by atoms with Crippen LogP contribution in [0.2, 0.25) is 0 Å². The molecule has 0 fully saturated rings. The van der Waals surface area contributed by atoms with Gasteiger partial charge in [-0.3, -0.25) is 0 Å². The SMILES string of the molecule is COc1ccc(Br)cc1COc1ccc(CCN)cc1F. The van der Waals surface area contributed by atoms with Crippen molar-refractivity contribution in [3.05, 3.63) is 57.8 Å². The molecule has 0 spiro atoms. The van der Waals surface area contributed by atoms with Gasteiger partial charge in [-0.25, -0.2) is 4.39 Å². The third-order valence-corrected chi connectivity index (χ3v) is 3.55. The fourth-order valence-corrected chi connectivity index (χ4v) is 2.41. The largest absolute Gasteiger partial charge is 0.496 e. The van der Waals surface area contributed by atoms with E-state index in [1.165, 1.54) is 6.07 Å². The van der Waals surface area contributed by atoms with E-state index in [2.05, 4.69) is 15.9 Å². The van der Waals surface area contributed by atoms with Crippen LogP contribution >= 0.6 is 15.9 Å². The molecular formula is C16H17BrFNO2. The van der Waals surface area contributed by atoms with E-state index in [0.717, 1.165) is 15.6 Å². The molecule has 0 heterocycles. The van der Waals surface area contributed by atoms with Gasteiger partial charge in [0.25, 0.3) is 0 Å². The molecule has 2 aromatic rings. The number of rotatable bonds is 6. The van der Waals surface area contributed by atoms with Crippen molar-refractivity contribution < 1.29 is 13.9 Å². The molecule has 0 aliphatic heterocycles. The zero-order chi connectivity index (χ0) is 15.2. The van der Waals surface area contributed by atoms with Crippen LogP contribution in [0, 0.1) is 5.82 Å². The number of nitrogens with two attached hydrogens (primary N) is 1. The molecule has 0 aromatic heterocycles. The molecular weight excluding hydrogens is 337 g/mol. The highest BCUT2D eigenvalue weighted by molar-refractivity contribution is 9.10. The van der Waals surface area contributed by atoms with Crippen molar-refractivity contribution in [1.29, 1.82) is 0 Å². The first-order valence-electron chi connectivity index (χ1n) is 6.57. The van der Waals surface area contributed by atoms with E-state index in [4.69, 9.17) is 15.2 Å². The van der Waals surface area contributed by atoms with E-state index in [1.807, 2.05) is 24.3 Å². The molecule has 0 aliphatic rings. The minimum absolute atomic E-state index is 0.220. The lowest BCUT2D eigenvalue weighted by atomic mass is 10.1. The molecule has 2 aromatic carbocycles. The minimum atomic E-state index is -0.380. The van der Waals surface area contributed by atoms with Crippen molar-refractivity contribution in [2.24, 2.45) is 5.73 Å². The summed E-state index contributed by atoms with van der Waals surface area (Å²) in [5, 5.41) is 0. The van der Waals surface area contributed by atoms with E-state index < -0.39 is 0 Å². The number of hydrogen-bond acceptors (Lipinski definition) is 3. The van der Waals surface area contributed by atoms with Gasteiger partial charge in [-0.15, -0.1) is 0 Å². The summed E-state index contributed by atoms with van der Waals surface area (Å²) in [5.41, 5.74) is 7.17. The molecule has 0 aliphatic carbocycles. The summed E-state index contributed by atoms with van der Waals surface area (Å²) < 4.78 is 25.7. The van der Waals surface area contributed by atoms with Crippen LogP contribution in [0.15, 0.2) is 40.9 Å². The number of ether oxygens (including phenoxy) is 2. The molecule has 112 valence electrons. The van der Waals surface area contributed by atoms with Crippen molar-refractivity contribution >= 4 is 15.9 Å². The quantitative estimate of drug-likeness (QED) is 0.861. The van der Waals surface area contributed by atoms with E-state index in [9.17, 15) is 4.39 Å². The Bertz CT molecular complexity index is 619. The van der Waals surface area contributed by atoms with E-state index in [1.54, 1.807) is 13.2 Å². The lowest BCUT2D eigenvalue weighted by Gasteiger charge is -2.12. The van der Waals surface area contributed by atoms with Crippen molar-refractivity contribution in [3.63, 3.8) is 0 Å².